The van der Waals surface area contributed by atoms with Crippen molar-refractivity contribution in [3.8, 4) is 0 Å². The summed E-state index contributed by atoms with van der Waals surface area (Å²) in [7, 11) is 1.72. The van der Waals surface area contributed by atoms with E-state index >= 15 is 0 Å². The van der Waals surface area contributed by atoms with E-state index in [4.69, 9.17) is 9.47 Å². The van der Waals surface area contributed by atoms with Crippen molar-refractivity contribution >= 4 is 15.9 Å². The maximum atomic E-state index is 5.66. The fourth-order valence-corrected chi connectivity index (χ4v) is 3.31. The Hall–Kier alpha value is -0.430. The Morgan fingerprint density at radius 1 is 1.65 bits per heavy atom. The molecule has 2 unspecified atom stereocenters. The van der Waals surface area contributed by atoms with Crippen LogP contribution < -0.4 is 5.32 Å². The number of halogens is 1. The molecule has 0 radical (unpaired) electrons. The normalized spacial score (nSPS) is 21.1. The highest BCUT2D eigenvalue weighted by atomic mass is 79.9. The molecule has 0 amide bonds. The van der Waals surface area contributed by atoms with E-state index in [2.05, 4.69) is 33.3 Å². The van der Waals surface area contributed by atoms with Crippen LogP contribution in [0.15, 0.2) is 10.7 Å². The summed E-state index contributed by atoms with van der Waals surface area (Å²) < 4.78 is 13.9. The second-order valence-electron chi connectivity index (χ2n) is 5.11. The van der Waals surface area contributed by atoms with Crippen LogP contribution in [0.25, 0.3) is 0 Å². The molecule has 2 rings (SSSR count). The van der Waals surface area contributed by atoms with Crippen LogP contribution in [0.4, 0.5) is 0 Å². The van der Waals surface area contributed by atoms with Crippen LogP contribution in [-0.4, -0.2) is 43.3 Å². The van der Waals surface area contributed by atoms with Gasteiger partial charge in [0.05, 0.1) is 42.2 Å². The molecule has 1 fully saturated rings. The van der Waals surface area contributed by atoms with E-state index in [1.807, 2.05) is 10.9 Å². The summed E-state index contributed by atoms with van der Waals surface area (Å²) in [4.78, 5) is 0. The topological polar surface area (TPSA) is 48.3 Å². The number of nitrogens with zero attached hydrogens (tertiary/aromatic N) is 2. The first-order chi connectivity index (χ1) is 9.77. The maximum Gasteiger partial charge on any atom is 0.0700 e. The van der Waals surface area contributed by atoms with Crippen molar-refractivity contribution in [3.05, 3.63) is 16.4 Å². The molecule has 114 valence electrons. The molecule has 6 heteroatoms. The van der Waals surface area contributed by atoms with Crippen molar-refractivity contribution in [2.45, 2.75) is 32.4 Å². The first-order valence-electron chi connectivity index (χ1n) is 7.29. The maximum absolute atomic E-state index is 5.66. The molecule has 0 spiro atoms. The zero-order chi connectivity index (χ0) is 14.4. The van der Waals surface area contributed by atoms with Crippen LogP contribution in [-0.2, 0) is 16.0 Å². The zero-order valence-corrected chi connectivity index (χ0v) is 13.9. The lowest BCUT2D eigenvalue weighted by Crippen LogP contribution is -2.35. The largest absolute Gasteiger partial charge is 0.383 e. The zero-order valence-electron chi connectivity index (χ0n) is 12.3. The first kappa shape index (κ1) is 15.9. The van der Waals surface area contributed by atoms with E-state index in [0.29, 0.717) is 12.5 Å². The molecular formula is C14H24BrN3O2. The van der Waals surface area contributed by atoms with Crippen molar-refractivity contribution in [1.29, 1.82) is 0 Å². The second kappa shape index (κ2) is 8.12. The third-order valence-electron chi connectivity index (χ3n) is 3.73. The summed E-state index contributed by atoms with van der Waals surface area (Å²) in [5, 5.41) is 8.06. The van der Waals surface area contributed by atoms with Crippen LogP contribution >= 0.6 is 15.9 Å². The fraction of sp³-hybridized carbons (Fsp3) is 0.786. The van der Waals surface area contributed by atoms with Gasteiger partial charge in [-0.2, -0.15) is 5.10 Å². The molecular weight excluding hydrogens is 322 g/mol. The lowest BCUT2D eigenvalue weighted by Gasteiger charge is -2.31. The predicted molar refractivity (Wildman–Crippen MR) is 81.8 cm³/mol. The standard InChI is InChI=1S/C14H24BrN3O2/c1-3-16-13(11-5-4-7-20-10-11)14-12(15)9-17-18(14)6-8-19-2/h9,11,13,16H,3-8,10H2,1-2H3. The minimum Gasteiger partial charge on any atom is -0.383 e. The molecule has 1 N–H and O–H groups in total. The van der Waals surface area contributed by atoms with Crippen molar-refractivity contribution in [2.75, 3.05) is 33.5 Å². The highest BCUT2D eigenvalue weighted by molar-refractivity contribution is 9.10. The molecule has 0 aliphatic carbocycles. The molecule has 2 heterocycles. The van der Waals surface area contributed by atoms with E-state index in [1.54, 1.807) is 7.11 Å². The first-order valence-corrected chi connectivity index (χ1v) is 8.08. The third kappa shape index (κ3) is 3.81. The van der Waals surface area contributed by atoms with Crippen LogP contribution in [0.2, 0.25) is 0 Å². The molecule has 1 aliphatic heterocycles. The predicted octanol–water partition coefficient (Wildman–Crippen LogP) is 2.37. The van der Waals surface area contributed by atoms with Crippen LogP contribution in [0.5, 0.6) is 0 Å². The van der Waals surface area contributed by atoms with Crippen LogP contribution in [0.3, 0.4) is 0 Å². The molecule has 5 nitrogen and oxygen atoms in total. The fourth-order valence-electron chi connectivity index (χ4n) is 2.77. The monoisotopic (exact) mass is 345 g/mol. The summed E-state index contributed by atoms with van der Waals surface area (Å²) in [6.07, 6.45) is 4.20. The molecule has 0 aromatic carbocycles. The summed E-state index contributed by atoms with van der Waals surface area (Å²) in [5.41, 5.74) is 1.21. The number of hydrogen-bond acceptors (Lipinski definition) is 4. The SMILES string of the molecule is CCNC(c1c(Br)cnn1CCOC)C1CCCOC1. The van der Waals surface area contributed by atoms with E-state index in [9.17, 15) is 0 Å². The molecule has 1 aromatic rings. The van der Waals surface area contributed by atoms with Gasteiger partial charge < -0.3 is 14.8 Å². The molecule has 2 atom stereocenters. The smallest absolute Gasteiger partial charge is 0.0700 e. The minimum atomic E-state index is 0.272. The number of ether oxygens (including phenoxy) is 2. The van der Waals surface area contributed by atoms with Gasteiger partial charge >= 0.3 is 0 Å². The summed E-state index contributed by atoms with van der Waals surface area (Å²) in [6, 6.07) is 0.272. The van der Waals surface area contributed by atoms with Gasteiger partial charge in [0.25, 0.3) is 0 Å². The molecule has 1 saturated heterocycles. The summed E-state index contributed by atoms with van der Waals surface area (Å²) in [5.74, 6) is 0.498. The lowest BCUT2D eigenvalue weighted by atomic mass is 9.91. The van der Waals surface area contributed by atoms with Gasteiger partial charge in [0.1, 0.15) is 0 Å². The molecule has 1 aromatic heterocycles. The summed E-state index contributed by atoms with van der Waals surface area (Å²) in [6.45, 7) is 6.22. The Morgan fingerprint density at radius 3 is 3.15 bits per heavy atom. The highest BCUT2D eigenvalue weighted by Gasteiger charge is 2.29. The van der Waals surface area contributed by atoms with Gasteiger partial charge in [-0.1, -0.05) is 6.92 Å². The number of hydrogen-bond donors (Lipinski definition) is 1. The Bertz CT molecular complexity index is 405. The quantitative estimate of drug-likeness (QED) is 0.824. The van der Waals surface area contributed by atoms with Crippen molar-refractivity contribution in [3.63, 3.8) is 0 Å². The van der Waals surface area contributed by atoms with Crippen LogP contribution in [0.1, 0.15) is 31.5 Å². The van der Waals surface area contributed by atoms with Gasteiger partial charge in [-0.15, -0.1) is 0 Å². The van der Waals surface area contributed by atoms with Gasteiger partial charge in [-0.3, -0.25) is 4.68 Å². The molecule has 1 aliphatic rings. The van der Waals surface area contributed by atoms with E-state index in [0.717, 1.165) is 37.2 Å². The van der Waals surface area contributed by atoms with Gasteiger partial charge in [-0.05, 0) is 35.3 Å². The Balaban J connectivity index is 2.20. The Kier molecular flexibility index (Phi) is 6.48. The third-order valence-corrected chi connectivity index (χ3v) is 4.34. The summed E-state index contributed by atoms with van der Waals surface area (Å²) >= 11 is 3.64. The van der Waals surface area contributed by atoms with Crippen LogP contribution in [0, 0.1) is 5.92 Å². The lowest BCUT2D eigenvalue weighted by molar-refractivity contribution is 0.0375. The van der Waals surface area contributed by atoms with E-state index in [1.165, 1.54) is 12.1 Å². The van der Waals surface area contributed by atoms with E-state index < -0.39 is 0 Å². The highest BCUT2D eigenvalue weighted by Crippen LogP contribution is 2.33. The van der Waals surface area contributed by atoms with E-state index in [-0.39, 0.29) is 6.04 Å². The minimum absolute atomic E-state index is 0.272. The van der Waals surface area contributed by atoms with Gasteiger partial charge in [0.15, 0.2) is 0 Å². The number of nitrogens with one attached hydrogen (secondary N) is 1. The molecule has 20 heavy (non-hydrogen) atoms. The van der Waals surface area contributed by atoms with Gasteiger partial charge in [-0.25, -0.2) is 0 Å². The number of aromatic nitrogens is 2. The Labute approximate surface area is 129 Å². The van der Waals surface area contributed by atoms with Crippen molar-refractivity contribution < 1.29 is 9.47 Å². The average molecular weight is 346 g/mol. The van der Waals surface area contributed by atoms with Gasteiger partial charge in [0, 0.05) is 19.6 Å². The van der Waals surface area contributed by atoms with Crippen molar-refractivity contribution in [2.24, 2.45) is 5.92 Å². The number of rotatable bonds is 7. The number of methoxy groups -OCH3 is 1. The Morgan fingerprint density at radius 2 is 2.50 bits per heavy atom. The second-order valence-corrected chi connectivity index (χ2v) is 5.96. The molecule has 0 bridgehead atoms. The average Bonchev–Trinajstić information content (AvgIpc) is 2.84. The van der Waals surface area contributed by atoms with Crippen molar-refractivity contribution in [1.82, 2.24) is 15.1 Å². The molecule has 0 saturated carbocycles. The van der Waals surface area contributed by atoms with Gasteiger partial charge in [0.2, 0.25) is 0 Å².